The van der Waals surface area contributed by atoms with E-state index in [0.717, 1.165) is 24.2 Å². The second kappa shape index (κ2) is 9.26. The number of rotatable bonds is 6. The van der Waals surface area contributed by atoms with Crippen molar-refractivity contribution in [2.45, 2.75) is 44.4 Å². The molecular weight excluding hydrogens is 450 g/mol. The van der Waals surface area contributed by atoms with Gasteiger partial charge < -0.3 is 29.0 Å². The van der Waals surface area contributed by atoms with Gasteiger partial charge in [0.05, 0.1) is 31.9 Å². The van der Waals surface area contributed by atoms with Crippen LogP contribution in [0.4, 0.5) is 0 Å². The Hall–Kier alpha value is -3.52. The van der Waals surface area contributed by atoms with Gasteiger partial charge in [0.15, 0.2) is 11.5 Å². The molecule has 1 N–H and O–H groups in total. The number of hydrogen-bond donors (Lipinski definition) is 1. The van der Waals surface area contributed by atoms with Crippen molar-refractivity contribution in [3.8, 4) is 17.2 Å². The zero-order valence-corrected chi connectivity index (χ0v) is 20.1. The first-order valence-electron chi connectivity index (χ1n) is 11.8. The lowest BCUT2D eigenvalue weighted by atomic mass is 9.94. The van der Waals surface area contributed by atoms with Gasteiger partial charge in [-0.05, 0) is 61.2 Å². The Morgan fingerprint density at radius 1 is 1.11 bits per heavy atom. The molecule has 8 heteroatoms. The van der Waals surface area contributed by atoms with Crippen LogP contribution >= 0.6 is 0 Å². The van der Waals surface area contributed by atoms with E-state index in [0.29, 0.717) is 35.7 Å². The number of nitrogens with zero attached hydrogens (tertiary/aromatic N) is 1. The van der Waals surface area contributed by atoms with Gasteiger partial charge in [-0.3, -0.25) is 9.59 Å². The molecule has 2 fully saturated rings. The Labute approximate surface area is 204 Å². The Bertz CT molecular complexity index is 1200. The molecule has 35 heavy (non-hydrogen) atoms. The maximum absolute atomic E-state index is 13.3. The molecule has 0 unspecified atom stereocenters. The van der Waals surface area contributed by atoms with Crippen LogP contribution in [0, 0.1) is 0 Å². The lowest BCUT2D eigenvalue weighted by molar-refractivity contribution is -0.140. The highest BCUT2D eigenvalue weighted by molar-refractivity contribution is 6.46. The van der Waals surface area contributed by atoms with E-state index in [2.05, 4.69) is 0 Å². The summed E-state index contributed by atoms with van der Waals surface area (Å²) in [6, 6.07) is 9.80. The Morgan fingerprint density at radius 3 is 2.63 bits per heavy atom. The average molecular weight is 480 g/mol. The highest BCUT2D eigenvalue weighted by Gasteiger charge is 2.47. The van der Waals surface area contributed by atoms with Crippen LogP contribution in [0.5, 0.6) is 17.2 Å². The number of hydrogen-bond acceptors (Lipinski definition) is 7. The minimum atomic E-state index is -0.789. The zero-order valence-electron chi connectivity index (χ0n) is 20.1. The molecule has 0 radical (unpaired) electrons. The van der Waals surface area contributed by atoms with Gasteiger partial charge >= 0.3 is 0 Å². The first-order chi connectivity index (χ1) is 16.9. The van der Waals surface area contributed by atoms with Gasteiger partial charge in [0.1, 0.15) is 17.6 Å². The molecule has 0 bridgehead atoms. The fourth-order valence-electron chi connectivity index (χ4n) is 5.17. The number of benzene rings is 2. The van der Waals surface area contributed by atoms with Gasteiger partial charge in [0.2, 0.25) is 0 Å². The van der Waals surface area contributed by atoms with Crippen LogP contribution < -0.4 is 14.2 Å². The average Bonchev–Trinajstić information content (AvgIpc) is 3.57. The number of ether oxygens (including phenoxy) is 4. The maximum Gasteiger partial charge on any atom is 0.295 e. The number of amides is 1. The first kappa shape index (κ1) is 23.2. The smallest absolute Gasteiger partial charge is 0.295 e. The van der Waals surface area contributed by atoms with E-state index in [4.69, 9.17) is 18.9 Å². The summed E-state index contributed by atoms with van der Waals surface area (Å²) in [4.78, 5) is 28.1. The van der Waals surface area contributed by atoms with Gasteiger partial charge in [-0.2, -0.15) is 0 Å². The van der Waals surface area contributed by atoms with Crippen LogP contribution in [0.3, 0.4) is 0 Å². The van der Waals surface area contributed by atoms with E-state index >= 15 is 0 Å². The quantitative estimate of drug-likeness (QED) is 0.384. The Morgan fingerprint density at radius 2 is 1.91 bits per heavy atom. The number of ketones is 1. The minimum absolute atomic E-state index is 0.0474. The lowest BCUT2D eigenvalue weighted by Gasteiger charge is -2.28. The number of fused-ring (bicyclic) bond motifs is 1. The largest absolute Gasteiger partial charge is 0.507 e. The first-order valence-corrected chi connectivity index (χ1v) is 11.8. The summed E-state index contributed by atoms with van der Waals surface area (Å²) < 4.78 is 22.4. The summed E-state index contributed by atoms with van der Waals surface area (Å²) in [6.45, 7) is 2.87. The van der Waals surface area contributed by atoms with Gasteiger partial charge in [-0.1, -0.05) is 6.07 Å². The molecule has 5 rings (SSSR count). The number of Topliss-reactive ketones (excluding diaryl/α,β-unsaturated/α-hetero) is 1. The highest BCUT2D eigenvalue weighted by atomic mass is 16.5. The summed E-state index contributed by atoms with van der Waals surface area (Å²) in [5, 5.41) is 11.4. The Balaban J connectivity index is 1.62. The molecule has 8 nitrogen and oxygen atoms in total. The number of aliphatic hydroxyl groups excluding tert-OH is 1. The predicted molar refractivity (Wildman–Crippen MR) is 128 cm³/mol. The van der Waals surface area contributed by atoms with Gasteiger partial charge in [-0.25, -0.2) is 0 Å². The number of carbonyl (C=O) groups is 2. The van der Waals surface area contributed by atoms with Crippen LogP contribution in [0.25, 0.3) is 5.76 Å². The van der Waals surface area contributed by atoms with Gasteiger partial charge in [0, 0.05) is 25.1 Å². The predicted octanol–water partition coefficient (Wildman–Crippen LogP) is 3.63. The van der Waals surface area contributed by atoms with Gasteiger partial charge in [0.25, 0.3) is 11.7 Å². The summed E-state index contributed by atoms with van der Waals surface area (Å²) in [5.41, 5.74) is 2.12. The van der Waals surface area contributed by atoms with Gasteiger partial charge in [-0.15, -0.1) is 0 Å². The monoisotopic (exact) mass is 479 g/mol. The summed E-state index contributed by atoms with van der Waals surface area (Å²) in [7, 11) is 3.07. The molecule has 3 aliphatic heterocycles. The molecule has 3 atom stereocenters. The van der Waals surface area contributed by atoms with Crippen molar-refractivity contribution in [3.05, 3.63) is 58.7 Å². The topological polar surface area (TPSA) is 94.5 Å². The molecular formula is C27H29NO7. The van der Waals surface area contributed by atoms with Crippen LogP contribution in [0.2, 0.25) is 0 Å². The second-order valence-corrected chi connectivity index (χ2v) is 9.16. The number of methoxy groups -OCH3 is 2. The van der Waals surface area contributed by atoms with Crippen molar-refractivity contribution in [2.24, 2.45) is 0 Å². The van der Waals surface area contributed by atoms with E-state index in [1.54, 1.807) is 37.4 Å². The third kappa shape index (κ3) is 4.12. The van der Waals surface area contributed by atoms with Crippen molar-refractivity contribution in [2.75, 3.05) is 27.4 Å². The summed E-state index contributed by atoms with van der Waals surface area (Å²) in [6.07, 6.45) is 2.32. The number of aliphatic hydroxyl groups is 1. The fraction of sp³-hybridized carbons (Fsp3) is 0.407. The summed E-state index contributed by atoms with van der Waals surface area (Å²) in [5.74, 6) is 0.187. The van der Waals surface area contributed by atoms with E-state index in [1.165, 1.54) is 12.0 Å². The fourth-order valence-corrected chi connectivity index (χ4v) is 5.17. The van der Waals surface area contributed by atoms with Crippen LogP contribution in [0.15, 0.2) is 42.0 Å². The standard InChI is InChI=1S/C27H29NO7/c1-15-11-18-12-17(7-8-20(18)35-15)25(29)23-24(16-6-9-21(32-2)22(13-16)33-3)28(27(31)26(23)30)14-19-5-4-10-34-19/h6-9,12-13,15,19,24,29H,4-5,10-11,14H2,1-3H3/t15-,19+,24+/m0/s1. The molecule has 2 aromatic carbocycles. The van der Waals surface area contributed by atoms with Crippen molar-refractivity contribution in [1.82, 2.24) is 4.90 Å². The molecule has 184 valence electrons. The third-order valence-electron chi connectivity index (χ3n) is 6.86. The zero-order chi connectivity index (χ0) is 24.7. The molecule has 0 aromatic heterocycles. The lowest BCUT2D eigenvalue weighted by Crippen LogP contribution is -2.36. The number of likely N-dealkylation sites (tertiary alicyclic amines) is 1. The minimum Gasteiger partial charge on any atom is -0.507 e. The number of carbonyl (C=O) groups excluding carboxylic acids is 2. The van der Waals surface area contributed by atoms with Crippen LogP contribution in [-0.4, -0.2) is 61.3 Å². The second-order valence-electron chi connectivity index (χ2n) is 9.16. The van der Waals surface area contributed by atoms with E-state index < -0.39 is 17.7 Å². The molecule has 3 aliphatic rings. The molecule has 0 spiro atoms. The SMILES string of the molecule is COc1ccc([C@@H]2C(=C(O)c3ccc4c(c3)C[C@H](C)O4)C(=O)C(=O)N2C[C@H]2CCCO2)cc1OC. The van der Waals surface area contributed by atoms with Crippen molar-refractivity contribution in [3.63, 3.8) is 0 Å². The molecule has 0 aliphatic carbocycles. The van der Waals surface area contributed by atoms with E-state index in [-0.39, 0.29) is 30.1 Å². The van der Waals surface area contributed by atoms with E-state index in [1.807, 2.05) is 13.0 Å². The third-order valence-corrected chi connectivity index (χ3v) is 6.86. The molecule has 1 amide bonds. The normalized spacial score (nSPS) is 25.0. The molecule has 0 saturated carbocycles. The highest BCUT2D eigenvalue weighted by Crippen LogP contribution is 2.43. The summed E-state index contributed by atoms with van der Waals surface area (Å²) >= 11 is 0. The molecule has 2 aromatic rings. The van der Waals surface area contributed by atoms with Crippen molar-refractivity contribution < 1.29 is 33.6 Å². The van der Waals surface area contributed by atoms with Crippen LogP contribution in [-0.2, 0) is 20.7 Å². The maximum atomic E-state index is 13.3. The van der Waals surface area contributed by atoms with Crippen molar-refractivity contribution in [1.29, 1.82) is 0 Å². The molecule has 3 heterocycles. The molecule has 2 saturated heterocycles. The van der Waals surface area contributed by atoms with Crippen LogP contribution in [0.1, 0.15) is 42.5 Å². The Kier molecular flexibility index (Phi) is 6.15. The van der Waals surface area contributed by atoms with E-state index in [9.17, 15) is 14.7 Å². The van der Waals surface area contributed by atoms with Crippen molar-refractivity contribution >= 4 is 17.4 Å².